The minimum Gasteiger partial charge on any atom is -0.494 e. The molecule has 0 spiro atoms. The summed E-state index contributed by atoms with van der Waals surface area (Å²) in [5.41, 5.74) is 0.242. The highest BCUT2D eigenvalue weighted by atomic mass is 19.1. The van der Waals surface area contributed by atoms with Crippen LogP contribution in [-0.2, 0) is 0 Å². The molecule has 0 fully saturated rings. The van der Waals surface area contributed by atoms with Gasteiger partial charge in [-0.25, -0.2) is 8.78 Å². The van der Waals surface area contributed by atoms with Gasteiger partial charge in [-0.1, -0.05) is 19.1 Å². The Labute approximate surface area is 116 Å². The molecule has 0 radical (unpaired) electrons. The Bertz CT molecular complexity index is 622. The van der Waals surface area contributed by atoms with Crippen LogP contribution in [0.4, 0.5) is 8.78 Å². The van der Waals surface area contributed by atoms with Crippen LogP contribution >= 0.6 is 0 Å². The molecule has 0 saturated carbocycles. The standard InChI is InChI=1S/C16H13F2NO/c1-2-7-20-13-5-3-12(4-6-13)16-14(17)8-11(10-19)9-15(16)18/h3-6,8-9H,2,7H2,1H3. The topological polar surface area (TPSA) is 33.0 Å². The lowest BCUT2D eigenvalue weighted by Crippen LogP contribution is -1.95. The number of hydrogen-bond donors (Lipinski definition) is 0. The monoisotopic (exact) mass is 273 g/mol. The van der Waals surface area contributed by atoms with Gasteiger partial charge in [-0.15, -0.1) is 0 Å². The molecule has 4 heteroatoms. The summed E-state index contributed by atoms with van der Waals surface area (Å²) in [6, 6.07) is 10.3. The number of ether oxygens (including phenoxy) is 1. The van der Waals surface area contributed by atoms with Crippen LogP contribution in [0.5, 0.6) is 5.75 Å². The first-order valence-electron chi connectivity index (χ1n) is 6.28. The number of nitrogens with zero attached hydrogens (tertiary/aromatic N) is 1. The van der Waals surface area contributed by atoms with Crippen molar-refractivity contribution in [3.05, 3.63) is 53.6 Å². The van der Waals surface area contributed by atoms with E-state index in [1.807, 2.05) is 6.92 Å². The van der Waals surface area contributed by atoms with Crippen LogP contribution in [0.3, 0.4) is 0 Å². The zero-order valence-electron chi connectivity index (χ0n) is 11.0. The van der Waals surface area contributed by atoms with E-state index in [4.69, 9.17) is 10.00 Å². The van der Waals surface area contributed by atoms with E-state index in [0.717, 1.165) is 18.6 Å². The van der Waals surface area contributed by atoms with Gasteiger partial charge in [0.2, 0.25) is 0 Å². The molecule has 0 bridgehead atoms. The van der Waals surface area contributed by atoms with E-state index in [-0.39, 0.29) is 11.1 Å². The van der Waals surface area contributed by atoms with Crippen molar-refractivity contribution < 1.29 is 13.5 Å². The van der Waals surface area contributed by atoms with Crippen molar-refractivity contribution in [3.63, 3.8) is 0 Å². The van der Waals surface area contributed by atoms with Gasteiger partial charge in [-0.05, 0) is 36.2 Å². The maximum absolute atomic E-state index is 13.9. The molecule has 0 aliphatic rings. The van der Waals surface area contributed by atoms with Crippen LogP contribution in [0.15, 0.2) is 36.4 Å². The fraction of sp³-hybridized carbons (Fsp3) is 0.188. The lowest BCUT2D eigenvalue weighted by atomic mass is 10.0. The van der Waals surface area contributed by atoms with Crippen LogP contribution in [0.2, 0.25) is 0 Å². The number of nitriles is 1. The largest absolute Gasteiger partial charge is 0.494 e. The van der Waals surface area contributed by atoms with Gasteiger partial charge in [0, 0.05) is 0 Å². The maximum atomic E-state index is 13.9. The van der Waals surface area contributed by atoms with Gasteiger partial charge in [-0.3, -0.25) is 0 Å². The Morgan fingerprint density at radius 2 is 1.70 bits per heavy atom. The Morgan fingerprint density at radius 1 is 1.10 bits per heavy atom. The van der Waals surface area contributed by atoms with Gasteiger partial charge in [0.1, 0.15) is 17.4 Å². The normalized spacial score (nSPS) is 10.1. The van der Waals surface area contributed by atoms with Gasteiger partial charge in [0.25, 0.3) is 0 Å². The molecule has 0 aliphatic heterocycles. The number of benzene rings is 2. The summed E-state index contributed by atoms with van der Waals surface area (Å²) >= 11 is 0. The van der Waals surface area contributed by atoms with Crippen molar-refractivity contribution in [1.29, 1.82) is 5.26 Å². The Morgan fingerprint density at radius 3 is 2.20 bits per heavy atom. The quantitative estimate of drug-likeness (QED) is 0.832. The summed E-state index contributed by atoms with van der Waals surface area (Å²) in [5.74, 6) is -0.836. The molecule has 20 heavy (non-hydrogen) atoms. The van der Waals surface area contributed by atoms with Crippen LogP contribution in [-0.4, -0.2) is 6.61 Å². The van der Waals surface area contributed by atoms with E-state index in [0.29, 0.717) is 17.9 Å². The fourth-order valence-electron chi connectivity index (χ4n) is 1.85. The predicted molar refractivity (Wildman–Crippen MR) is 72.3 cm³/mol. The van der Waals surface area contributed by atoms with Crippen molar-refractivity contribution in [2.45, 2.75) is 13.3 Å². The van der Waals surface area contributed by atoms with Gasteiger partial charge in [-0.2, -0.15) is 5.26 Å². The highest BCUT2D eigenvalue weighted by Crippen LogP contribution is 2.28. The number of rotatable bonds is 4. The Kier molecular flexibility index (Phi) is 4.31. The molecule has 0 amide bonds. The first kappa shape index (κ1) is 14.0. The molecule has 0 N–H and O–H groups in total. The van der Waals surface area contributed by atoms with Crippen LogP contribution < -0.4 is 4.74 Å². The highest BCUT2D eigenvalue weighted by Gasteiger charge is 2.13. The van der Waals surface area contributed by atoms with E-state index < -0.39 is 11.6 Å². The average Bonchev–Trinajstić information content (AvgIpc) is 2.45. The summed E-state index contributed by atoms with van der Waals surface area (Å²) < 4.78 is 33.1. The molecule has 2 aromatic rings. The van der Waals surface area contributed by atoms with Crippen molar-refractivity contribution in [2.24, 2.45) is 0 Å². The summed E-state index contributed by atoms with van der Waals surface area (Å²) in [6.07, 6.45) is 0.890. The van der Waals surface area contributed by atoms with Crippen LogP contribution in [0, 0.1) is 23.0 Å². The Balaban J connectivity index is 2.35. The first-order valence-corrected chi connectivity index (χ1v) is 6.28. The second-order valence-electron chi connectivity index (χ2n) is 4.30. The number of halogens is 2. The number of hydrogen-bond acceptors (Lipinski definition) is 2. The molecule has 2 aromatic carbocycles. The molecular formula is C16H13F2NO. The molecule has 2 nitrogen and oxygen atoms in total. The minimum atomic E-state index is -0.747. The lowest BCUT2D eigenvalue weighted by Gasteiger charge is -2.08. The van der Waals surface area contributed by atoms with Gasteiger partial charge >= 0.3 is 0 Å². The van der Waals surface area contributed by atoms with Crippen LogP contribution in [0.25, 0.3) is 11.1 Å². The van der Waals surface area contributed by atoms with Crippen molar-refractivity contribution in [1.82, 2.24) is 0 Å². The SMILES string of the molecule is CCCOc1ccc(-c2c(F)cc(C#N)cc2F)cc1. The second-order valence-corrected chi connectivity index (χ2v) is 4.30. The van der Waals surface area contributed by atoms with Crippen molar-refractivity contribution in [3.8, 4) is 22.9 Å². The molecule has 0 heterocycles. The minimum absolute atomic E-state index is 0.0355. The molecule has 0 aliphatic carbocycles. The third-order valence-corrected chi connectivity index (χ3v) is 2.79. The fourth-order valence-corrected chi connectivity index (χ4v) is 1.85. The zero-order chi connectivity index (χ0) is 14.5. The second kappa shape index (κ2) is 6.16. The third kappa shape index (κ3) is 2.94. The van der Waals surface area contributed by atoms with E-state index in [1.165, 1.54) is 0 Å². The van der Waals surface area contributed by atoms with E-state index >= 15 is 0 Å². The lowest BCUT2D eigenvalue weighted by molar-refractivity contribution is 0.317. The van der Waals surface area contributed by atoms with E-state index in [9.17, 15) is 8.78 Å². The zero-order valence-corrected chi connectivity index (χ0v) is 11.0. The molecular weight excluding hydrogens is 260 g/mol. The summed E-state index contributed by atoms with van der Waals surface area (Å²) in [6.45, 7) is 2.59. The summed E-state index contributed by atoms with van der Waals surface area (Å²) in [4.78, 5) is 0. The van der Waals surface area contributed by atoms with Gasteiger partial charge in [0.15, 0.2) is 0 Å². The summed E-state index contributed by atoms with van der Waals surface area (Å²) in [5, 5.41) is 8.67. The Hall–Kier alpha value is -2.41. The van der Waals surface area contributed by atoms with E-state index in [2.05, 4.69) is 0 Å². The van der Waals surface area contributed by atoms with E-state index in [1.54, 1.807) is 30.3 Å². The molecule has 0 unspecified atom stereocenters. The average molecular weight is 273 g/mol. The molecule has 102 valence electrons. The molecule has 0 aromatic heterocycles. The molecule has 2 rings (SSSR count). The van der Waals surface area contributed by atoms with Gasteiger partial charge < -0.3 is 4.74 Å². The maximum Gasteiger partial charge on any atom is 0.135 e. The van der Waals surface area contributed by atoms with Crippen molar-refractivity contribution in [2.75, 3.05) is 6.61 Å². The van der Waals surface area contributed by atoms with Gasteiger partial charge in [0.05, 0.1) is 23.8 Å². The first-order chi connectivity index (χ1) is 9.65. The molecule has 0 saturated heterocycles. The molecule has 0 atom stereocenters. The third-order valence-electron chi connectivity index (χ3n) is 2.79. The predicted octanol–water partition coefficient (Wildman–Crippen LogP) is 4.29. The highest BCUT2D eigenvalue weighted by molar-refractivity contribution is 5.66. The smallest absolute Gasteiger partial charge is 0.135 e. The summed E-state index contributed by atoms with van der Waals surface area (Å²) in [7, 11) is 0. The van der Waals surface area contributed by atoms with Crippen molar-refractivity contribution >= 4 is 0 Å². The van der Waals surface area contributed by atoms with Crippen LogP contribution in [0.1, 0.15) is 18.9 Å².